The summed E-state index contributed by atoms with van der Waals surface area (Å²) < 4.78 is 39.4. The maximum atomic E-state index is 13.1. The molecule has 0 aliphatic carbocycles. The van der Waals surface area contributed by atoms with Crippen LogP contribution in [-0.4, -0.2) is 43.4 Å². The second kappa shape index (κ2) is 7.26. The van der Waals surface area contributed by atoms with E-state index < -0.39 is 17.5 Å². The third kappa shape index (κ3) is 3.85. The highest BCUT2D eigenvalue weighted by Crippen LogP contribution is 2.43. The summed E-state index contributed by atoms with van der Waals surface area (Å²) >= 11 is 0. The molecule has 4 nitrogen and oxygen atoms in total. The zero-order chi connectivity index (χ0) is 15.2. The van der Waals surface area contributed by atoms with Crippen molar-refractivity contribution in [3.05, 3.63) is 0 Å². The van der Waals surface area contributed by atoms with E-state index in [0.717, 1.165) is 12.8 Å². The van der Waals surface area contributed by atoms with E-state index in [2.05, 4.69) is 10.6 Å². The van der Waals surface area contributed by atoms with Crippen molar-refractivity contribution in [2.45, 2.75) is 38.8 Å². The van der Waals surface area contributed by atoms with Gasteiger partial charge in [-0.15, -0.1) is 0 Å². The Hall–Kier alpha value is -0.820. The highest BCUT2D eigenvalue weighted by atomic mass is 19.4. The van der Waals surface area contributed by atoms with E-state index in [1.807, 2.05) is 6.92 Å². The number of hydrogen-bond acceptors (Lipinski definition) is 3. The van der Waals surface area contributed by atoms with E-state index in [9.17, 15) is 18.0 Å². The van der Waals surface area contributed by atoms with Crippen LogP contribution in [0.25, 0.3) is 0 Å². The lowest BCUT2D eigenvalue weighted by atomic mass is 9.85. The van der Waals surface area contributed by atoms with Gasteiger partial charge in [-0.05, 0) is 31.7 Å². The minimum Gasteiger partial charge on any atom is -0.396 e. The summed E-state index contributed by atoms with van der Waals surface area (Å²) in [5, 5.41) is 14.0. The molecule has 1 saturated heterocycles. The van der Waals surface area contributed by atoms with Gasteiger partial charge >= 0.3 is 6.18 Å². The number of aliphatic hydroxyl groups is 1. The monoisotopic (exact) mass is 296 g/mol. The molecular formula is C13H23F3N2O2. The van der Waals surface area contributed by atoms with Crippen LogP contribution >= 0.6 is 0 Å². The van der Waals surface area contributed by atoms with Gasteiger partial charge in [-0.3, -0.25) is 4.79 Å². The Morgan fingerprint density at radius 3 is 2.60 bits per heavy atom. The van der Waals surface area contributed by atoms with E-state index >= 15 is 0 Å². The second-order valence-corrected chi connectivity index (χ2v) is 5.38. The fraction of sp³-hybridized carbons (Fsp3) is 0.923. The molecule has 7 heteroatoms. The summed E-state index contributed by atoms with van der Waals surface area (Å²) in [7, 11) is 0. The highest BCUT2D eigenvalue weighted by Gasteiger charge is 2.61. The maximum absolute atomic E-state index is 13.1. The van der Waals surface area contributed by atoms with E-state index in [-0.39, 0.29) is 38.6 Å². The van der Waals surface area contributed by atoms with Crippen LogP contribution in [0.1, 0.15) is 32.6 Å². The number of aliphatic hydroxyl groups excluding tert-OH is 1. The number of carbonyl (C=O) groups is 1. The van der Waals surface area contributed by atoms with Crippen molar-refractivity contribution < 1.29 is 23.1 Å². The molecule has 1 aliphatic heterocycles. The molecule has 2 unspecified atom stereocenters. The molecule has 1 amide bonds. The van der Waals surface area contributed by atoms with Gasteiger partial charge in [0.1, 0.15) is 0 Å². The van der Waals surface area contributed by atoms with Crippen molar-refractivity contribution in [2.75, 3.05) is 26.2 Å². The largest absolute Gasteiger partial charge is 0.404 e. The third-order valence-corrected chi connectivity index (χ3v) is 3.92. The van der Waals surface area contributed by atoms with Crippen molar-refractivity contribution in [3.63, 3.8) is 0 Å². The normalized spacial score (nSPS) is 24.6. The Morgan fingerprint density at radius 1 is 1.45 bits per heavy atom. The zero-order valence-corrected chi connectivity index (χ0v) is 11.7. The van der Waals surface area contributed by atoms with Gasteiger partial charge in [0.15, 0.2) is 5.41 Å². The molecule has 0 spiro atoms. The molecule has 0 radical (unpaired) electrons. The van der Waals surface area contributed by atoms with Gasteiger partial charge in [0.25, 0.3) is 0 Å². The third-order valence-electron chi connectivity index (χ3n) is 3.92. The first-order valence-electron chi connectivity index (χ1n) is 7.04. The summed E-state index contributed by atoms with van der Waals surface area (Å²) in [4.78, 5) is 12.0. The molecule has 1 heterocycles. The summed E-state index contributed by atoms with van der Waals surface area (Å²) in [6.45, 7) is 1.96. The maximum Gasteiger partial charge on any atom is 0.404 e. The van der Waals surface area contributed by atoms with Crippen LogP contribution in [0.3, 0.4) is 0 Å². The van der Waals surface area contributed by atoms with Gasteiger partial charge in [-0.25, -0.2) is 0 Å². The molecular weight excluding hydrogens is 273 g/mol. The summed E-state index contributed by atoms with van der Waals surface area (Å²) in [6.07, 6.45) is -2.63. The highest BCUT2D eigenvalue weighted by molar-refractivity contribution is 5.84. The fourth-order valence-corrected chi connectivity index (χ4v) is 2.60. The van der Waals surface area contributed by atoms with Crippen molar-refractivity contribution in [2.24, 2.45) is 11.3 Å². The topological polar surface area (TPSA) is 61.4 Å². The molecule has 0 aromatic heterocycles. The van der Waals surface area contributed by atoms with E-state index in [1.165, 1.54) is 0 Å². The molecule has 3 N–H and O–H groups in total. The van der Waals surface area contributed by atoms with Crippen molar-refractivity contribution in [3.8, 4) is 0 Å². The van der Waals surface area contributed by atoms with Crippen LogP contribution in [0.4, 0.5) is 13.2 Å². The molecule has 0 saturated carbocycles. The Bertz CT molecular complexity index is 309. The number of alkyl halides is 3. The summed E-state index contributed by atoms with van der Waals surface area (Å²) in [6, 6.07) is 0. The minimum absolute atomic E-state index is 0.0213. The number of rotatable bonds is 7. The molecule has 118 valence electrons. The number of amides is 1. The van der Waals surface area contributed by atoms with Crippen LogP contribution in [0.5, 0.6) is 0 Å². The van der Waals surface area contributed by atoms with Crippen LogP contribution in [0.2, 0.25) is 0 Å². The average Bonchev–Trinajstić information content (AvgIpc) is 2.86. The molecule has 2 atom stereocenters. The Morgan fingerprint density at radius 2 is 2.15 bits per heavy atom. The molecule has 0 bridgehead atoms. The van der Waals surface area contributed by atoms with Gasteiger partial charge in [0.2, 0.25) is 5.91 Å². The van der Waals surface area contributed by atoms with Crippen LogP contribution in [-0.2, 0) is 4.79 Å². The smallest absolute Gasteiger partial charge is 0.396 e. The minimum atomic E-state index is -4.54. The summed E-state index contributed by atoms with van der Waals surface area (Å²) in [5.41, 5.74) is -2.30. The molecule has 1 fully saturated rings. The Balaban J connectivity index is 2.63. The zero-order valence-electron chi connectivity index (χ0n) is 11.7. The fourth-order valence-electron chi connectivity index (χ4n) is 2.60. The molecule has 1 aliphatic rings. The summed E-state index contributed by atoms with van der Waals surface area (Å²) in [5.74, 6) is -0.928. The van der Waals surface area contributed by atoms with E-state index in [4.69, 9.17) is 5.11 Å². The van der Waals surface area contributed by atoms with Crippen molar-refractivity contribution >= 4 is 5.91 Å². The lowest BCUT2D eigenvalue weighted by Crippen LogP contribution is -2.52. The first-order chi connectivity index (χ1) is 9.37. The number of carbonyl (C=O) groups excluding carboxylic acids is 1. The van der Waals surface area contributed by atoms with Crippen molar-refractivity contribution in [1.82, 2.24) is 10.6 Å². The van der Waals surface area contributed by atoms with Crippen LogP contribution < -0.4 is 10.6 Å². The first-order valence-corrected chi connectivity index (χ1v) is 7.04. The van der Waals surface area contributed by atoms with Gasteiger partial charge in [-0.1, -0.05) is 13.3 Å². The lowest BCUT2D eigenvalue weighted by Gasteiger charge is -2.30. The first kappa shape index (κ1) is 17.2. The van der Waals surface area contributed by atoms with E-state index in [1.54, 1.807) is 0 Å². The van der Waals surface area contributed by atoms with Gasteiger partial charge < -0.3 is 15.7 Å². The average molecular weight is 296 g/mol. The SMILES string of the molecule is CCCC(CCO)CNC(=O)C1(C(F)(F)F)CCNC1. The molecule has 1 rings (SSSR count). The van der Waals surface area contributed by atoms with Gasteiger partial charge in [0.05, 0.1) is 0 Å². The number of halogens is 3. The number of hydrogen-bond donors (Lipinski definition) is 3. The molecule has 0 aromatic carbocycles. The predicted octanol–water partition coefficient (Wildman–Crippen LogP) is 1.44. The quantitative estimate of drug-likeness (QED) is 0.666. The Labute approximate surface area is 117 Å². The second-order valence-electron chi connectivity index (χ2n) is 5.38. The van der Waals surface area contributed by atoms with Crippen LogP contribution in [0, 0.1) is 11.3 Å². The Kier molecular flexibility index (Phi) is 6.26. The number of nitrogens with one attached hydrogen (secondary N) is 2. The molecule has 0 aromatic rings. The molecule has 20 heavy (non-hydrogen) atoms. The lowest BCUT2D eigenvalue weighted by molar-refractivity contribution is -0.216. The van der Waals surface area contributed by atoms with E-state index in [0.29, 0.717) is 6.42 Å². The standard InChI is InChI=1S/C13H23F3N2O2/c1-2-3-10(4-7-19)8-18-11(20)12(13(14,15)16)5-6-17-9-12/h10,17,19H,2-9H2,1H3,(H,18,20). The van der Waals surface area contributed by atoms with Gasteiger partial charge in [0, 0.05) is 19.7 Å². The van der Waals surface area contributed by atoms with Crippen molar-refractivity contribution in [1.29, 1.82) is 0 Å². The predicted molar refractivity (Wildman–Crippen MR) is 69.1 cm³/mol. The van der Waals surface area contributed by atoms with Gasteiger partial charge in [-0.2, -0.15) is 13.2 Å². The van der Waals surface area contributed by atoms with Crippen LogP contribution in [0.15, 0.2) is 0 Å².